The van der Waals surface area contributed by atoms with Gasteiger partial charge in [-0.05, 0) is 24.1 Å². The van der Waals surface area contributed by atoms with Crippen molar-refractivity contribution in [2.45, 2.75) is 6.42 Å². The van der Waals surface area contributed by atoms with Crippen molar-refractivity contribution < 1.29 is 4.79 Å². The molecule has 0 aliphatic rings. The molecule has 114 valence electrons. The number of nitrogens with one attached hydrogen (secondary N) is 3. The predicted molar refractivity (Wildman–Crippen MR) is 88.2 cm³/mol. The molecule has 4 aromatic rings. The summed E-state index contributed by atoms with van der Waals surface area (Å²) in [7, 11) is 0. The molecule has 0 atom stereocenters. The minimum absolute atomic E-state index is 0.191. The highest BCUT2D eigenvalue weighted by atomic mass is 16.1. The van der Waals surface area contributed by atoms with Crippen molar-refractivity contribution in [3.05, 3.63) is 60.2 Å². The maximum atomic E-state index is 12.3. The van der Waals surface area contributed by atoms with E-state index in [1.54, 1.807) is 18.5 Å². The number of aromatic nitrogens is 4. The van der Waals surface area contributed by atoms with E-state index in [2.05, 4.69) is 31.5 Å². The number of rotatable bonds is 4. The smallest absolute Gasteiger partial charge is 0.272 e. The van der Waals surface area contributed by atoms with Gasteiger partial charge in [0, 0.05) is 36.0 Å². The molecule has 3 N–H and O–H groups in total. The number of carbonyl (C=O) groups excluding carboxylic acids is 1. The molecule has 3 heterocycles. The molecule has 0 aliphatic carbocycles. The van der Waals surface area contributed by atoms with Crippen LogP contribution in [0.5, 0.6) is 0 Å². The summed E-state index contributed by atoms with van der Waals surface area (Å²) >= 11 is 0. The number of hydrogen-bond donors (Lipinski definition) is 3. The van der Waals surface area contributed by atoms with E-state index in [-0.39, 0.29) is 5.91 Å². The van der Waals surface area contributed by atoms with Crippen LogP contribution in [-0.2, 0) is 6.42 Å². The van der Waals surface area contributed by atoms with Gasteiger partial charge in [0.25, 0.3) is 5.91 Å². The molecular formula is C17H15N5O. The Hall–Kier alpha value is -3.15. The Labute approximate surface area is 131 Å². The van der Waals surface area contributed by atoms with Gasteiger partial charge in [0.15, 0.2) is 5.69 Å². The lowest BCUT2D eigenvalue weighted by atomic mass is 10.1. The zero-order chi connectivity index (χ0) is 15.6. The first-order valence-electron chi connectivity index (χ1n) is 7.44. The van der Waals surface area contributed by atoms with Gasteiger partial charge in [-0.2, -0.15) is 5.10 Å². The van der Waals surface area contributed by atoms with E-state index < -0.39 is 0 Å². The normalized spacial score (nSPS) is 11.1. The van der Waals surface area contributed by atoms with Gasteiger partial charge in [0.1, 0.15) is 0 Å². The highest BCUT2D eigenvalue weighted by Gasteiger charge is 2.13. The van der Waals surface area contributed by atoms with Crippen molar-refractivity contribution in [2.24, 2.45) is 0 Å². The molecule has 0 spiro atoms. The van der Waals surface area contributed by atoms with Crippen LogP contribution in [0.1, 0.15) is 16.1 Å². The minimum Gasteiger partial charge on any atom is -0.361 e. The van der Waals surface area contributed by atoms with Gasteiger partial charge in [0.2, 0.25) is 0 Å². The summed E-state index contributed by atoms with van der Waals surface area (Å²) in [4.78, 5) is 19.6. The molecule has 4 rings (SSSR count). The van der Waals surface area contributed by atoms with Crippen molar-refractivity contribution in [1.82, 2.24) is 25.5 Å². The molecule has 0 unspecified atom stereocenters. The van der Waals surface area contributed by atoms with Crippen molar-refractivity contribution in [3.8, 4) is 0 Å². The van der Waals surface area contributed by atoms with Gasteiger partial charge in [0.05, 0.1) is 10.9 Å². The molecule has 1 amide bonds. The van der Waals surface area contributed by atoms with Crippen LogP contribution in [0.25, 0.3) is 21.8 Å². The first kappa shape index (κ1) is 13.5. The lowest BCUT2D eigenvalue weighted by molar-refractivity contribution is 0.0950. The van der Waals surface area contributed by atoms with Crippen LogP contribution >= 0.6 is 0 Å². The molecule has 0 saturated heterocycles. The van der Waals surface area contributed by atoms with E-state index in [0.29, 0.717) is 12.2 Å². The number of amides is 1. The Morgan fingerprint density at radius 1 is 1.13 bits per heavy atom. The van der Waals surface area contributed by atoms with E-state index in [1.165, 1.54) is 10.9 Å². The van der Waals surface area contributed by atoms with Gasteiger partial charge in [-0.15, -0.1) is 0 Å². The summed E-state index contributed by atoms with van der Waals surface area (Å²) in [5.74, 6) is -0.191. The van der Waals surface area contributed by atoms with Crippen LogP contribution in [0.4, 0.5) is 0 Å². The molecule has 3 aromatic heterocycles. The number of pyridine rings is 1. The zero-order valence-electron chi connectivity index (χ0n) is 12.3. The first-order chi connectivity index (χ1) is 11.3. The Morgan fingerprint density at radius 2 is 2.04 bits per heavy atom. The molecule has 0 aliphatic heterocycles. The maximum Gasteiger partial charge on any atom is 0.272 e. The number of benzene rings is 1. The second-order valence-corrected chi connectivity index (χ2v) is 5.36. The number of fused-ring (bicyclic) bond motifs is 2. The maximum absolute atomic E-state index is 12.3. The van der Waals surface area contributed by atoms with Gasteiger partial charge >= 0.3 is 0 Å². The largest absolute Gasteiger partial charge is 0.361 e. The number of aromatic amines is 2. The van der Waals surface area contributed by atoms with E-state index in [9.17, 15) is 4.79 Å². The topological polar surface area (TPSA) is 86.5 Å². The highest BCUT2D eigenvalue weighted by molar-refractivity contribution is 6.04. The Balaban J connectivity index is 1.46. The van der Waals surface area contributed by atoms with Gasteiger partial charge in [-0.25, -0.2) is 0 Å². The second kappa shape index (κ2) is 5.57. The summed E-state index contributed by atoms with van der Waals surface area (Å²) in [6.45, 7) is 0.551. The van der Waals surface area contributed by atoms with Crippen molar-refractivity contribution in [2.75, 3.05) is 6.54 Å². The molecule has 0 radical (unpaired) electrons. The average molecular weight is 305 g/mol. The van der Waals surface area contributed by atoms with Gasteiger partial charge in [-0.3, -0.25) is 14.9 Å². The average Bonchev–Trinajstić information content (AvgIpc) is 3.19. The Kier molecular flexibility index (Phi) is 3.27. The second-order valence-electron chi connectivity index (χ2n) is 5.36. The molecular weight excluding hydrogens is 290 g/mol. The van der Waals surface area contributed by atoms with E-state index in [4.69, 9.17) is 0 Å². The fourth-order valence-electron chi connectivity index (χ4n) is 2.76. The number of H-pyrrole nitrogens is 2. The number of hydrogen-bond acceptors (Lipinski definition) is 3. The third-order valence-electron chi connectivity index (χ3n) is 3.93. The standard InChI is InChI=1S/C17H15N5O/c23-17(16-13-10-18-7-6-15(13)21-22-16)19-8-5-11-9-20-14-4-2-1-3-12(11)14/h1-4,6-7,9-10,20H,5,8H2,(H,19,23)(H,21,22). The van der Waals surface area contributed by atoms with Gasteiger partial charge in [-0.1, -0.05) is 18.2 Å². The van der Waals surface area contributed by atoms with Gasteiger partial charge < -0.3 is 10.3 Å². The summed E-state index contributed by atoms with van der Waals surface area (Å²) in [5.41, 5.74) is 3.49. The third-order valence-corrected chi connectivity index (χ3v) is 3.93. The van der Waals surface area contributed by atoms with E-state index in [0.717, 1.165) is 22.8 Å². The highest BCUT2D eigenvalue weighted by Crippen LogP contribution is 2.18. The van der Waals surface area contributed by atoms with Crippen molar-refractivity contribution in [3.63, 3.8) is 0 Å². The predicted octanol–water partition coefficient (Wildman–Crippen LogP) is 2.41. The summed E-state index contributed by atoms with van der Waals surface area (Å²) in [6, 6.07) is 9.93. The monoisotopic (exact) mass is 305 g/mol. The summed E-state index contributed by atoms with van der Waals surface area (Å²) in [5, 5.41) is 11.8. The van der Waals surface area contributed by atoms with Crippen molar-refractivity contribution in [1.29, 1.82) is 0 Å². The lowest BCUT2D eigenvalue weighted by Gasteiger charge is -2.03. The Morgan fingerprint density at radius 3 is 3.00 bits per heavy atom. The summed E-state index contributed by atoms with van der Waals surface area (Å²) < 4.78 is 0. The molecule has 1 aromatic carbocycles. The van der Waals surface area contributed by atoms with Crippen LogP contribution in [0.15, 0.2) is 48.9 Å². The number of nitrogens with zero attached hydrogens (tertiary/aromatic N) is 2. The fraction of sp³-hybridized carbons (Fsp3) is 0.118. The van der Waals surface area contributed by atoms with Crippen LogP contribution in [0, 0.1) is 0 Å². The Bertz CT molecular complexity index is 985. The third kappa shape index (κ3) is 2.44. The van der Waals surface area contributed by atoms with E-state index >= 15 is 0 Å². The number of para-hydroxylation sites is 1. The van der Waals surface area contributed by atoms with Crippen LogP contribution in [0.3, 0.4) is 0 Å². The molecule has 0 fully saturated rings. The molecule has 0 saturated carbocycles. The molecule has 0 bridgehead atoms. The quantitative estimate of drug-likeness (QED) is 0.541. The molecule has 23 heavy (non-hydrogen) atoms. The zero-order valence-corrected chi connectivity index (χ0v) is 12.3. The SMILES string of the molecule is O=C(NCCc1c[nH]c2ccccc12)c1n[nH]c2ccncc12. The van der Waals surface area contributed by atoms with Crippen LogP contribution < -0.4 is 5.32 Å². The van der Waals surface area contributed by atoms with Crippen LogP contribution in [0.2, 0.25) is 0 Å². The lowest BCUT2D eigenvalue weighted by Crippen LogP contribution is -2.26. The van der Waals surface area contributed by atoms with Crippen LogP contribution in [-0.4, -0.2) is 32.6 Å². The molecule has 6 nitrogen and oxygen atoms in total. The fourth-order valence-corrected chi connectivity index (χ4v) is 2.76. The number of carbonyl (C=O) groups is 1. The first-order valence-corrected chi connectivity index (χ1v) is 7.44. The molecule has 6 heteroatoms. The van der Waals surface area contributed by atoms with E-state index in [1.807, 2.05) is 24.4 Å². The summed E-state index contributed by atoms with van der Waals surface area (Å²) in [6.07, 6.45) is 6.06. The minimum atomic E-state index is -0.191. The van der Waals surface area contributed by atoms with Crippen molar-refractivity contribution >= 4 is 27.7 Å².